The highest BCUT2D eigenvalue weighted by molar-refractivity contribution is 5.99. The van der Waals surface area contributed by atoms with Gasteiger partial charge >= 0.3 is 0 Å². The van der Waals surface area contributed by atoms with E-state index in [-0.39, 0.29) is 12.3 Å². The van der Waals surface area contributed by atoms with E-state index in [0.717, 1.165) is 11.1 Å². The summed E-state index contributed by atoms with van der Waals surface area (Å²) in [4.78, 5) is 22.4. The molecule has 2 aromatic carbocycles. The Morgan fingerprint density at radius 1 is 1.12 bits per heavy atom. The number of hydrazone groups is 1. The number of carbonyl (C=O) groups excluding carboxylic acids is 1. The van der Waals surface area contributed by atoms with Crippen molar-refractivity contribution in [3.8, 4) is 5.75 Å². The predicted molar refractivity (Wildman–Crippen MR) is 99.6 cm³/mol. The molecule has 1 N–H and O–H groups in total. The molecule has 2 aromatic rings. The topological polar surface area (TPSA) is 93.8 Å². The number of nitro groups is 1. The molecule has 0 aliphatic heterocycles. The monoisotopic (exact) mass is 355 g/mol. The van der Waals surface area contributed by atoms with Gasteiger partial charge in [0.2, 0.25) is 0 Å². The molecule has 0 unspecified atom stereocenters. The van der Waals surface area contributed by atoms with Crippen LogP contribution in [0.4, 0.5) is 5.69 Å². The lowest BCUT2D eigenvalue weighted by molar-refractivity contribution is -0.385. The lowest BCUT2D eigenvalue weighted by Gasteiger charge is -2.08. The lowest BCUT2D eigenvalue weighted by Crippen LogP contribution is -2.25. The highest BCUT2D eigenvalue weighted by Gasteiger charge is 2.12. The maximum atomic E-state index is 11.9. The van der Waals surface area contributed by atoms with Crippen molar-refractivity contribution in [2.24, 2.45) is 5.10 Å². The Kier molecular flexibility index (Phi) is 6.06. The van der Waals surface area contributed by atoms with Crippen molar-refractivity contribution in [3.63, 3.8) is 0 Å². The van der Waals surface area contributed by atoms with Gasteiger partial charge in [-0.3, -0.25) is 14.9 Å². The van der Waals surface area contributed by atoms with Gasteiger partial charge in [-0.05, 0) is 51.0 Å². The third-order valence-electron chi connectivity index (χ3n) is 4.02. The second-order valence-corrected chi connectivity index (χ2v) is 6.03. The molecular formula is C19H21N3O4. The Balaban J connectivity index is 1.97. The molecule has 0 aliphatic carbocycles. The van der Waals surface area contributed by atoms with E-state index in [1.165, 1.54) is 6.07 Å². The van der Waals surface area contributed by atoms with Crippen LogP contribution in [0.5, 0.6) is 5.75 Å². The normalized spacial score (nSPS) is 11.2. The number of hydrogen-bond acceptors (Lipinski definition) is 5. The predicted octanol–water partition coefficient (Wildman–Crippen LogP) is 3.44. The standard InChI is InChI=1S/C19H21N3O4/c1-12-6-8-17(9-14(12)3)26-11-19(23)21-20-15(4)16-7-5-13(2)18(10-16)22(24)25/h5-10H,11H2,1-4H3,(H,21,23)/b20-15-. The van der Waals surface area contributed by atoms with Crippen molar-refractivity contribution in [3.05, 3.63) is 68.8 Å². The number of carbonyl (C=O) groups is 1. The fourth-order valence-electron chi connectivity index (χ4n) is 2.23. The minimum Gasteiger partial charge on any atom is -0.484 e. The van der Waals surface area contributed by atoms with Crippen molar-refractivity contribution in [1.82, 2.24) is 5.43 Å². The van der Waals surface area contributed by atoms with E-state index >= 15 is 0 Å². The van der Waals surface area contributed by atoms with Crippen LogP contribution in [0.1, 0.15) is 29.2 Å². The molecule has 7 heteroatoms. The summed E-state index contributed by atoms with van der Waals surface area (Å²) in [5, 5.41) is 15.0. The van der Waals surface area contributed by atoms with Crippen molar-refractivity contribution < 1.29 is 14.5 Å². The van der Waals surface area contributed by atoms with Crippen molar-refractivity contribution in [2.75, 3.05) is 6.61 Å². The maximum absolute atomic E-state index is 11.9. The number of hydrogen-bond donors (Lipinski definition) is 1. The molecule has 0 spiro atoms. The average molecular weight is 355 g/mol. The Hall–Kier alpha value is -3.22. The van der Waals surface area contributed by atoms with E-state index in [1.807, 2.05) is 26.0 Å². The third kappa shape index (κ3) is 4.89. The number of nitrogens with one attached hydrogen (secondary N) is 1. The molecule has 0 radical (unpaired) electrons. The summed E-state index contributed by atoms with van der Waals surface area (Å²) in [7, 11) is 0. The molecule has 2 rings (SSSR count). The number of nitrogens with zero attached hydrogens (tertiary/aromatic N) is 2. The van der Waals surface area contributed by atoms with Gasteiger partial charge in [0.05, 0.1) is 10.6 Å². The first kappa shape index (κ1) is 19.1. The van der Waals surface area contributed by atoms with Gasteiger partial charge in [0.1, 0.15) is 5.75 Å². The molecule has 136 valence electrons. The highest BCUT2D eigenvalue weighted by Crippen LogP contribution is 2.19. The van der Waals surface area contributed by atoms with Gasteiger partial charge in [-0.1, -0.05) is 18.2 Å². The van der Waals surface area contributed by atoms with Gasteiger partial charge < -0.3 is 4.74 Å². The number of nitro benzene ring substituents is 1. The largest absolute Gasteiger partial charge is 0.484 e. The van der Waals surface area contributed by atoms with Crippen LogP contribution < -0.4 is 10.2 Å². The summed E-state index contributed by atoms with van der Waals surface area (Å²) in [6.07, 6.45) is 0. The Bertz CT molecular complexity index is 875. The maximum Gasteiger partial charge on any atom is 0.277 e. The zero-order valence-electron chi connectivity index (χ0n) is 15.2. The third-order valence-corrected chi connectivity index (χ3v) is 4.02. The SMILES string of the molecule is C/C(=N/NC(=O)COc1ccc(C)c(C)c1)c1ccc(C)c([N+](=O)[O-])c1. The van der Waals surface area contributed by atoms with Crippen LogP contribution in [-0.4, -0.2) is 23.1 Å². The van der Waals surface area contributed by atoms with Gasteiger partial charge in [0.25, 0.3) is 11.6 Å². The number of aryl methyl sites for hydroxylation is 3. The van der Waals surface area contributed by atoms with Crippen molar-refractivity contribution in [2.45, 2.75) is 27.7 Å². The lowest BCUT2D eigenvalue weighted by atomic mass is 10.1. The summed E-state index contributed by atoms with van der Waals surface area (Å²) in [5.74, 6) is 0.197. The number of ether oxygens (including phenoxy) is 1. The fourth-order valence-corrected chi connectivity index (χ4v) is 2.23. The first-order chi connectivity index (χ1) is 12.3. The summed E-state index contributed by atoms with van der Waals surface area (Å²) in [6.45, 7) is 7.13. The van der Waals surface area contributed by atoms with E-state index in [9.17, 15) is 14.9 Å². The van der Waals surface area contributed by atoms with Crippen LogP contribution in [0.25, 0.3) is 0 Å². The smallest absolute Gasteiger partial charge is 0.277 e. The van der Waals surface area contributed by atoms with E-state index in [0.29, 0.717) is 22.6 Å². The van der Waals surface area contributed by atoms with Crippen LogP contribution in [0.2, 0.25) is 0 Å². The second kappa shape index (κ2) is 8.24. The van der Waals surface area contributed by atoms with Gasteiger partial charge in [0, 0.05) is 17.2 Å². The Morgan fingerprint density at radius 3 is 2.46 bits per heavy atom. The first-order valence-corrected chi connectivity index (χ1v) is 8.06. The molecule has 0 heterocycles. The van der Waals surface area contributed by atoms with E-state index in [1.54, 1.807) is 32.0 Å². The van der Waals surface area contributed by atoms with Crippen LogP contribution in [0.3, 0.4) is 0 Å². The van der Waals surface area contributed by atoms with Crippen LogP contribution in [0, 0.1) is 30.9 Å². The minimum absolute atomic E-state index is 0.0152. The Morgan fingerprint density at radius 2 is 1.81 bits per heavy atom. The summed E-state index contributed by atoms with van der Waals surface area (Å²) < 4.78 is 5.44. The molecule has 1 amide bonds. The minimum atomic E-state index is -0.442. The van der Waals surface area contributed by atoms with Crippen LogP contribution in [-0.2, 0) is 4.79 Å². The van der Waals surface area contributed by atoms with Gasteiger partial charge in [-0.15, -0.1) is 0 Å². The van der Waals surface area contributed by atoms with Gasteiger partial charge in [-0.2, -0.15) is 5.10 Å². The van der Waals surface area contributed by atoms with Gasteiger partial charge in [0.15, 0.2) is 6.61 Å². The molecule has 0 fully saturated rings. The molecule has 26 heavy (non-hydrogen) atoms. The number of benzene rings is 2. The molecular weight excluding hydrogens is 334 g/mol. The molecule has 7 nitrogen and oxygen atoms in total. The van der Waals surface area contributed by atoms with Crippen LogP contribution >= 0.6 is 0 Å². The fraction of sp³-hybridized carbons (Fsp3) is 0.263. The van der Waals surface area contributed by atoms with Crippen LogP contribution in [0.15, 0.2) is 41.5 Å². The molecule has 0 saturated carbocycles. The average Bonchev–Trinajstić information content (AvgIpc) is 2.60. The summed E-state index contributed by atoms with van der Waals surface area (Å²) in [6, 6.07) is 10.4. The molecule has 0 aromatic heterocycles. The number of amides is 1. The second-order valence-electron chi connectivity index (χ2n) is 6.03. The Labute approximate surface area is 151 Å². The van der Waals surface area contributed by atoms with Crippen molar-refractivity contribution >= 4 is 17.3 Å². The van der Waals surface area contributed by atoms with E-state index < -0.39 is 10.8 Å². The van der Waals surface area contributed by atoms with E-state index in [4.69, 9.17) is 4.74 Å². The first-order valence-electron chi connectivity index (χ1n) is 8.06. The quantitative estimate of drug-likeness (QED) is 0.488. The highest BCUT2D eigenvalue weighted by atomic mass is 16.6. The van der Waals surface area contributed by atoms with Crippen molar-refractivity contribution in [1.29, 1.82) is 0 Å². The zero-order valence-corrected chi connectivity index (χ0v) is 15.2. The zero-order chi connectivity index (χ0) is 19.3. The van der Waals surface area contributed by atoms with E-state index in [2.05, 4.69) is 10.5 Å². The summed E-state index contributed by atoms with van der Waals surface area (Å²) >= 11 is 0. The number of rotatable bonds is 6. The molecule has 0 saturated heterocycles. The molecule has 0 atom stereocenters. The summed E-state index contributed by atoms with van der Waals surface area (Å²) in [5.41, 5.74) is 6.24. The van der Waals surface area contributed by atoms with Gasteiger partial charge in [-0.25, -0.2) is 5.43 Å². The molecule has 0 aliphatic rings. The molecule has 0 bridgehead atoms.